The third-order valence-corrected chi connectivity index (χ3v) is 7.06. The minimum absolute atomic E-state index is 0.186. The lowest BCUT2D eigenvalue weighted by molar-refractivity contribution is 0.1000. The Bertz CT molecular complexity index is 1030. The minimum Gasteiger partial charge on any atom is -0.393 e. The van der Waals surface area contributed by atoms with E-state index >= 15 is 0 Å². The van der Waals surface area contributed by atoms with Crippen LogP contribution in [0.15, 0.2) is 35.4 Å². The standard InChI is InChI=1S/C19H24N6O4S/c20-17(27)16-11-21-19(24-18(16)22-12-1-2-12)23-13-3-5-15(6-4-13)30(28,29)25-9-7-14(26)8-10-25/h3-6,11-12,14,26H,1-2,7-10H2,(H2,20,27)(H2,21,22,23,24). The third-order valence-electron chi connectivity index (χ3n) is 5.14. The summed E-state index contributed by atoms with van der Waals surface area (Å²) in [6.07, 6.45) is 3.83. The fourth-order valence-electron chi connectivity index (χ4n) is 3.22. The number of hydrogen-bond acceptors (Lipinski definition) is 8. The molecule has 0 radical (unpaired) electrons. The molecule has 0 bridgehead atoms. The molecular weight excluding hydrogens is 408 g/mol. The summed E-state index contributed by atoms with van der Waals surface area (Å²) in [6.45, 7) is 0.612. The van der Waals surface area contributed by atoms with Crippen LogP contribution in [0, 0.1) is 0 Å². The number of amides is 1. The molecule has 0 spiro atoms. The van der Waals surface area contributed by atoms with Crippen LogP contribution in [0.4, 0.5) is 17.5 Å². The zero-order valence-corrected chi connectivity index (χ0v) is 17.1. The molecule has 4 rings (SSSR count). The van der Waals surface area contributed by atoms with Gasteiger partial charge in [-0.15, -0.1) is 0 Å². The van der Waals surface area contributed by atoms with Gasteiger partial charge in [-0.2, -0.15) is 9.29 Å². The van der Waals surface area contributed by atoms with Crippen LogP contribution in [-0.4, -0.2) is 58.9 Å². The monoisotopic (exact) mass is 432 g/mol. The van der Waals surface area contributed by atoms with Gasteiger partial charge < -0.3 is 21.5 Å². The highest BCUT2D eigenvalue weighted by Gasteiger charge is 2.28. The van der Waals surface area contributed by atoms with Gasteiger partial charge >= 0.3 is 0 Å². The number of benzene rings is 1. The Morgan fingerprint density at radius 3 is 2.40 bits per heavy atom. The van der Waals surface area contributed by atoms with Gasteiger partial charge in [0.1, 0.15) is 5.82 Å². The number of carbonyl (C=O) groups excluding carboxylic acids is 1. The van der Waals surface area contributed by atoms with E-state index in [1.807, 2.05) is 0 Å². The van der Waals surface area contributed by atoms with Gasteiger partial charge in [0.05, 0.1) is 16.6 Å². The molecule has 1 saturated carbocycles. The maximum Gasteiger partial charge on any atom is 0.254 e. The summed E-state index contributed by atoms with van der Waals surface area (Å²) in [6, 6.07) is 6.58. The Balaban J connectivity index is 1.49. The second-order valence-electron chi connectivity index (χ2n) is 7.52. The van der Waals surface area contributed by atoms with Crippen LogP contribution in [0.25, 0.3) is 0 Å². The van der Waals surface area contributed by atoms with Crippen molar-refractivity contribution in [2.24, 2.45) is 5.73 Å². The molecule has 1 amide bonds. The first-order valence-electron chi connectivity index (χ1n) is 9.81. The summed E-state index contributed by atoms with van der Waals surface area (Å²) in [7, 11) is -3.60. The topological polar surface area (TPSA) is 151 Å². The van der Waals surface area contributed by atoms with Crippen molar-refractivity contribution in [2.45, 2.75) is 42.7 Å². The molecule has 11 heteroatoms. The average molecular weight is 433 g/mol. The first kappa shape index (κ1) is 20.5. The van der Waals surface area contributed by atoms with Gasteiger partial charge in [-0.3, -0.25) is 4.79 Å². The van der Waals surface area contributed by atoms with Crippen molar-refractivity contribution in [3.63, 3.8) is 0 Å². The lowest BCUT2D eigenvalue weighted by Crippen LogP contribution is -2.39. The lowest BCUT2D eigenvalue weighted by Gasteiger charge is -2.28. The zero-order chi connectivity index (χ0) is 21.3. The van der Waals surface area contributed by atoms with Crippen molar-refractivity contribution < 1.29 is 18.3 Å². The van der Waals surface area contributed by atoms with E-state index in [0.29, 0.717) is 37.4 Å². The number of sulfonamides is 1. The van der Waals surface area contributed by atoms with E-state index in [1.54, 1.807) is 12.1 Å². The van der Waals surface area contributed by atoms with Crippen molar-refractivity contribution >= 4 is 33.4 Å². The van der Waals surface area contributed by atoms with Crippen molar-refractivity contribution in [3.05, 3.63) is 36.0 Å². The molecule has 1 saturated heterocycles. The van der Waals surface area contributed by atoms with E-state index in [0.717, 1.165) is 12.8 Å². The van der Waals surface area contributed by atoms with Crippen molar-refractivity contribution in [1.29, 1.82) is 0 Å². The first-order chi connectivity index (χ1) is 14.3. The van der Waals surface area contributed by atoms with Crippen LogP contribution >= 0.6 is 0 Å². The van der Waals surface area contributed by atoms with Crippen LogP contribution in [0.5, 0.6) is 0 Å². The largest absolute Gasteiger partial charge is 0.393 e. The maximum atomic E-state index is 12.8. The predicted molar refractivity (Wildman–Crippen MR) is 111 cm³/mol. The molecule has 1 aromatic heterocycles. The van der Waals surface area contributed by atoms with Gasteiger partial charge in [-0.25, -0.2) is 13.4 Å². The molecule has 30 heavy (non-hydrogen) atoms. The number of aromatic nitrogens is 2. The zero-order valence-electron chi connectivity index (χ0n) is 16.3. The predicted octanol–water partition coefficient (Wildman–Crippen LogP) is 1.04. The highest BCUT2D eigenvalue weighted by atomic mass is 32.2. The molecule has 5 N–H and O–H groups in total. The van der Waals surface area contributed by atoms with Gasteiger partial charge in [0.25, 0.3) is 5.91 Å². The Hall–Kier alpha value is -2.76. The Morgan fingerprint density at radius 1 is 1.13 bits per heavy atom. The lowest BCUT2D eigenvalue weighted by atomic mass is 10.1. The highest BCUT2D eigenvalue weighted by Crippen LogP contribution is 2.27. The number of aliphatic hydroxyl groups is 1. The van der Waals surface area contributed by atoms with Gasteiger partial charge in [0, 0.05) is 31.0 Å². The number of nitrogens with one attached hydrogen (secondary N) is 2. The number of nitrogens with two attached hydrogens (primary N) is 1. The summed E-state index contributed by atoms with van der Waals surface area (Å²) in [5, 5.41) is 15.8. The maximum absolute atomic E-state index is 12.8. The Kier molecular flexibility index (Phi) is 5.58. The summed E-state index contributed by atoms with van der Waals surface area (Å²) in [5.41, 5.74) is 6.21. The number of anilines is 3. The summed E-state index contributed by atoms with van der Waals surface area (Å²) < 4.78 is 26.9. The molecule has 2 aromatic rings. The van der Waals surface area contributed by atoms with E-state index in [4.69, 9.17) is 5.73 Å². The minimum atomic E-state index is -3.60. The smallest absolute Gasteiger partial charge is 0.254 e. The van der Waals surface area contributed by atoms with Crippen LogP contribution in [0.2, 0.25) is 0 Å². The molecule has 1 aromatic carbocycles. The molecule has 0 unspecified atom stereocenters. The van der Waals surface area contributed by atoms with Crippen molar-refractivity contribution in [3.8, 4) is 0 Å². The normalized spacial score (nSPS) is 18.2. The van der Waals surface area contributed by atoms with Gasteiger partial charge in [-0.05, 0) is 49.9 Å². The number of aliphatic hydroxyl groups excluding tert-OH is 1. The molecule has 1 aliphatic carbocycles. The van der Waals surface area contributed by atoms with Crippen molar-refractivity contribution in [2.75, 3.05) is 23.7 Å². The highest BCUT2D eigenvalue weighted by molar-refractivity contribution is 7.89. The molecule has 1 aliphatic heterocycles. The van der Waals surface area contributed by atoms with Crippen LogP contribution in [-0.2, 0) is 10.0 Å². The molecule has 10 nitrogen and oxygen atoms in total. The van der Waals surface area contributed by atoms with Crippen molar-refractivity contribution in [1.82, 2.24) is 14.3 Å². The van der Waals surface area contributed by atoms with Crippen LogP contribution in [0.1, 0.15) is 36.0 Å². The third kappa shape index (κ3) is 4.53. The van der Waals surface area contributed by atoms with E-state index in [1.165, 1.54) is 22.6 Å². The summed E-state index contributed by atoms with van der Waals surface area (Å²) >= 11 is 0. The Labute approximate surface area is 174 Å². The molecular formula is C19H24N6O4S. The van der Waals surface area contributed by atoms with E-state index in [9.17, 15) is 18.3 Å². The summed E-state index contributed by atoms with van der Waals surface area (Å²) in [5.74, 6) is 0.0438. The molecule has 2 aliphatic rings. The van der Waals surface area contributed by atoms with E-state index < -0.39 is 22.0 Å². The van der Waals surface area contributed by atoms with Crippen LogP contribution < -0.4 is 16.4 Å². The second kappa shape index (κ2) is 8.17. The van der Waals surface area contributed by atoms with Gasteiger partial charge in [0.2, 0.25) is 16.0 Å². The van der Waals surface area contributed by atoms with E-state index in [2.05, 4.69) is 20.6 Å². The fraction of sp³-hybridized carbons (Fsp3) is 0.421. The molecule has 2 heterocycles. The number of hydrogen-bond donors (Lipinski definition) is 4. The molecule has 160 valence electrons. The number of carbonyl (C=O) groups is 1. The van der Waals surface area contributed by atoms with Gasteiger partial charge in [0.15, 0.2) is 0 Å². The number of primary amides is 1. The Morgan fingerprint density at radius 2 is 1.80 bits per heavy atom. The number of piperidine rings is 1. The molecule has 0 atom stereocenters. The summed E-state index contributed by atoms with van der Waals surface area (Å²) in [4.78, 5) is 20.2. The quantitative estimate of drug-likeness (QED) is 0.507. The SMILES string of the molecule is NC(=O)c1cnc(Nc2ccc(S(=O)(=O)N3CCC(O)CC3)cc2)nc1NC1CC1. The molecule has 2 fully saturated rings. The number of nitrogens with zero attached hydrogens (tertiary/aromatic N) is 3. The second-order valence-corrected chi connectivity index (χ2v) is 9.46. The van der Waals surface area contributed by atoms with E-state index in [-0.39, 0.29) is 22.4 Å². The fourth-order valence-corrected chi connectivity index (χ4v) is 4.69. The average Bonchev–Trinajstić information content (AvgIpc) is 3.53. The van der Waals surface area contributed by atoms with Crippen LogP contribution in [0.3, 0.4) is 0 Å². The first-order valence-corrected chi connectivity index (χ1v) is 11.3. The number of rotatable bonds is 7. The van der Waals surface area contributed by atoms with Gasteiger partial charge in [-0.1, -0.05) is 0 Å².